The number of aromatic nitrogens is 3. The quantitative estimate of drug-likeness (QED) is 0.523. The lowest BCUT2D eigenvalue weighted by Crippen LogP contribution is -2.39. The van der Waals surface area contributed by atoms with E-state index in [9.17, 15) is 9.59 Å². The molecule has 0 atom stereocenters. The Balaban J connectivity index is 1.26. The number of carboxylic acids is 1. The van der Waals surface area contributed by atoms with Crippen LogP contribution in [0, 0.1) is 5.92 Å². The number of methoxy groups -OCH3 is 1. The van der Waals surface area contributed by atoms with Crippen molar-refractivity contribution in [1.29, 1.82) is 0 Å². The molecule has 2 saturated heterocycles. The van der Waals surface area contributed by atoms with E-state index in [0.29, 0.717) is 56.0 Å². The second-order valence-corrected chi connectivity index (χ2v) is 9.41. The summed E-state index contributed by atoms with van der Waals surface area (Å²) in [6, 6.07) is 3.95. The molecule has 11 nitrogen and oxygen atoms in total. The Labute approximate surface area is 205 Å². The van der Waals surface area contributed by atoms with E-state index in [2.05, 4.69) is 25.2 Å². The van der Waals surface area contributed by atoms with Crippen molar-refractivity contribution in [2.45, 2.75) is 12.8 Å². The lowest BCUT2D eigenvalue weighted by molar-refractivity contribution is -0.120. The fourth-order valence-electron chi connectivity index (χ4n) is 4.39. The van der Waals surface area contributed by atoms with E-state index < -0.39 is 5.97 Å². The number of carbonyl (C=O) groups is 2. The largest absolute Gasteiger partial charge is 0.494 e. The maximum absolute atomic E-state index is 13.0. The molecule has 0 unspecified atom stereocenters. The third-order valence-corrected chi connectivity index (χ3v) is 7.31. The first kappa shape index (κ1) is 23.2. The Morgan fingerprint density at radius 3 is 2.49 bits per heavy atom. The Bertz CT molecular complexity index is 1220. The third kappa shape index (κ3) is 4.84. The van der Waals surface area contributed by atoms with Crippen molar-refractivity contribution < 1.29 is 24.2 Å². The number of aromatic carboxylic acids is 1. The number of hydrogen-bond donors (Lipinski definition) is 2. The van der Waals surface area contributed by atoms with Gasteiger partial charge in [0.15, 0.2) is 5.13 Å². The van der Waals surface area contributed by atoms with Gasteiger partial charge in [-0.25, -0.2) is 19.7 Å². The van der Waals surface area contributed by atoms with E-state index >= 15 is 0 Å². The van der Waals surface area contributed by atoms with Gasteiger partial charge >= 0.3 is 5.97 Å². The monoisotopic (exact) mass is 498 g/mol. The molecule has 2 aliphatic heterocycles. The molecule has 4 heterocycles. The lowest BCUT2D eigenvalue weighted by Gasteiger charge is -2.31. The molecule has 35 heavy (non-hydrogen) atoms. The lowest BCUT2D eigenvalue weighted by atomic mass is 9.96. The van der Waals surface area contributed by atoms with Crippen LogP contribution >= 0.6 is 11.3 Å². The molecule has 1 aromatic carbocycles. The minimum absolute atomic E-state index is 0.0484. The number of nitrogens with one attached hydrogen (secondary N) is 1. The fraction of sp³-hybridized carbons (Fsp3) is 0.435. The molecule has 3 aromatic rings. The van der Waals surface area contributed by atoms with E-state index in [1.54, 1.807) is 7.11 Å². The molecular weight excluding hydrogens is 472 g/mol. The zero-order chi connectivity index (χ0) is 24.4. The highest BCUT2D eigenvalue weighted by Gasteiger charge is 2.27. The van der Waals surface area contributed by atoms with Crippen LogP contribution < -0.4 is 19.9 Å². The van der Waals surface area contributed by atoms with Gasteiger partial charge < -0.3 is 29.7 Å². The van der Waals surface area contributed by atoms with Crippen LogP contribution in [-0.4, -0.2) is 78.4 Å². The van der Waals surface area contributed by atoms with E-state index in [1.807, 2.05) is 17.0 Å². The zero-order valence-corrected chi connectivity index (χ0v) is 20.1. The normalized spacial score (nSPS) is 16.9. The number of ether oxygens (including phenoxy) is 2. The van der Waals surface area contributed by atoms with Crippen LogP contribution in [0.15, 0.2) is 24.5 Å². The first-order valence-electron chi connectivity index (χ1n) is 11.4. The first-order chi connectivity index (χ1) is 17.0. The second kappa shape index (κ2) is 10.0. The highest BCUT2D eigenvalue weighted by molar-refractivity contribution is 7.23. The zero-order valence-electron chi connectivity index (χ0n) is 19.3. The number of benzene rings is 1. The number of carboxylic acid groups (broad SMARTS) is 1. The molecule has 184 valence electrons. The van der Waals surface area contributed by atoms with Crippen LogP contribution in [0.4, 0.5) is 16.8 Å². The number of rotatable bonds is 6. The average molecular weight is 499 g/mol. The summed E-state index contributed by atoms with van der Waals surface area (Å²) in [7, 11) is 1.62. The van der Waals surface area contributed by atoms with Gasteiger partial charge in [0.1, 0.15) is 11.3 Å². The number of thiazole rings is 1. The number of morpholine rings is 1. The molecule has 0 radical (unpaired) electrons. The number of hydrogen-bond acceptors (Lipinski definition) is 10. The maximum atomic E-state index is 13.0. The molecule has 5 rings (SSSR count). The van der Waals surface area contributed by atoms with E-state index in [-0.39, 0.29) is 17.4 Å². The number of fused-ring (bicyclic) bond motifs is 1. The minimum atomic E-state index is -1.06. The first-order valence-corrected chi connectivity index (χ1v) is 12.3. The van der Waals surface area contributed by atoms with Gasteiger partial charge in [-0.1, -0.05) is 11.3 Å². The molecule has 12 heteroatoms. The number of nitrogens with zero attached hydrogens (tertiary/aromatic N) is 5. The smallest absolute Gasteiger partial charge is 0.338 e. The van der Waals surface area contributed by atoms with Crippen LogP contribution in [0.2, 0.25) is 0 Å². The topological polar surface area (TPSA) is 130 Å². The summed E-state index contributed by atoms with van der Waals surface area (Å²) in [5, 5.41) is 12.6. The van der Waals surface area contributed by atoms with Gasteiger partial charge in [0.25, 0.3) is 0 Å². The summed E-state index contributed by atoms with van der Waals surface area (Å²) >= 11 is 1.46. The van der Waals surface area contributed by atoms with E-state index in [4.69, 9.17) is 14.6 Å². The molecule has 0 saturated carbocycles. The van der Waals surface area contributed by atoms with Gasteiger partial charge in [-0.3, -0.25) is 4.79 Å². The maximum Gasteiger partial charge on any atom is 0.338 e. The Kier molecular flexibility index (Phi) is 6.64. The number of amides is 1. The van der Waals surface area contributed by atoms with E-state index in [1.165, 1.54) is 23.7 Å². The predicted octanol–water partition coefficient (Wildman–Crippen LogP) is 2.48. The highest BCUT2D eigenvalue weighted by atomic mass is 32.1. The van der Waals surface area contributed by atoms with Gasteiger partial charge in [-0.2, -0.15) is 0 Å². The van der Waals surface area contributed by atoms with Crippen molar-refractivity contribution >= 4 is 50.2 Å². The molecule has 0 spiro atoms. The molecule has 2 fully saturated rings. The molecule has 0 bridgehead atoms. The summed E-state index contributed by atoms with van der Waals surface area (Å²) < 4.78 is 12.0. The fourth-order valence-corrected chi connectivity index (χ4v) is 5.41. The van der Waals surface area contributed by atoms with Crippen LogP contribution in [0.3, 0.4) is 0 Å². The SMILES string of the molecule is COc1ccc(N2CCOCC2)c2sc(NC(=O)C3CCN(c4ncc(C(=O)O)cn4)CC3)nc12. The third-order valence-electron chi connectivity index (χ3n) is 6.32. The molecule has 0 aliphatic carbocycles. The van der Waals surface area contributed by atoms with Crippen LogP contribution in [-0.2, 0) is 9.53 Å². The highest BCUT2D eigenvalue weighted by Crippen LogP contribution is 2.40. The number of carbonyl (C=O) groups excluding carboxylic acids is 1. The van der Waals surface area contributed by atoms with Crippen molar-refractivity contribution in [2.24, 2.45) is 5.92 Å². The van der Waals surface area contributed by atoms with Gasteiger partial charge in [-0.05, 0) is 25.0 Å². The van der Waals surface area contributed by atoms with Crippen molar-refractivity contribution in [3.8, 4) is 5.75 Å². The van der Waals surface area contributed by atoms with E-state index in [0.717, 1.165) is 29.0 Å². The molecule has 2 aromatic heterocycles. The number of anilines is 3. The Hall–Kier alpha value is -3.51. The second-order valence-electron chi connectivity index (χ2n) is 8.41. The van der Waals surface area contributed by atoms with Gasteiger partial charge in [0.05, 0.1) is 36.3 Å². The van der Waals surface area contributed by atoms with Crippen LogP contribution in [0.1, 0.15) is 23.2 Å². The predicted molar refractivity (Wildman–Crippen MR) is 132 cm³/mol. The molecular formula is C23H26N6O5S. The van der Waals surface area contributed by atoms with Crippen molar-refractivity contribution in [2.75, 3.05) is 61.6 Å². The summed E-state index contributed by atoms with van der Waals surface area (Å²) in [6.07, 6.45) is 3.89. The van der Waals surface area contributed by atoms with Crippen molar-refractivity contribution in [3.63, 3.8) is 0 Å². The number of piperidine rings is 1. The Morgan fingerprint density at radius 1 is 1.11 bits per heavy atom. The van der Waals surface area contributed by atoms with Gasteiger partial charge in [-0.15, -0.1) is 0 Å². The van der Waals surface area contributed by atoms with Gasteiger partial charge in [0.2, 0.25) is 11.9 Å². The van der Waals surface area contributed by atoms with Gasteiger partial charge in [0, 0.05) is 44.5 Å². The molecule has 2 N–H and O–H groups in total. The minimum Gasteiger partial charge on any atom is -0.494 e. The van der Waals surface area contributed by atoms with Crippen molar-refractivity contribution in [1.82, 2.24) is 15.0 Å². The van der Waals surface area contributed by atoms with Crippen molar-refractivity contribution in [3.05, 3.63) is 30.1 Å². The summed E-state index contributed by atoms with van der Waals surface area (Å²) in [4.78, 5) is 41.2. The summed E-state index contributed by atoms with van der Waals surface area (Å²) in [6.45, 7) is 4.20. The Morgan fingerprint density at radius 2 is 1.83 bits per heavy atom. The molecule has 1 amide bonds. The summed E-state index contributed by atoms with van der Waals surface area (Å²) in [5.74, 6) is -0.120. The molecule has 2 aliphatic rings. The van der Waals surface area contributed by atoms with Crippen LogP contribution in [0.5, 0.6) is 5.75 Å². The standard InChI is InChI=1S/C23H26N6O5S/c1-33-17-3-2-16(28-8-10-34-11-9-28)19-18(17)26-23(35-19)27-20(30)14-4-6-29(7-5-14)22-24-12-15(13-25-22)21(31)32/h2-3,12-14H,4-11H2,1H3,(H,31,32)(H,26,27,30). The van der Waals surface area contributed by atoms with Crippen LogP contribution in [0.25, 0.3) is 10.2 Å². The average Bonchev–Trinajstić information content (AvgIpc) is 3.32. The summed E-state index contributed by atoms with van der Waals surface area (Å²) in [5.41, 5.74) is 1.87.